The largest absolute Gasteiger partial charge is 0.373 e. The number of nitrogens with one attached hydrogen (secondary N) is 3. The van der Waals surface area contributed by atoms with Crippen molar-refractivity contribution in [2.24, 2.45) is 0 Å². The minimum atomic E-state index is 0.106. The highest BCUT2D eigenvalue weighted by Crippen LogP contribution is 2.27. The molecule has 0 aliphatic heterocycles. The topological polar surface area (TPSA) is 78.9 Å². The molecular weight excluding hydrogens is 254 g/mol. The van der Waals surface area contributed by atoms with E-state index in [1.165, 1.54) is 6.33 Å². The van der Waals surface area contributed by atoms with Crippen LogP contribution in [-0.2, 0) is 4.79 Å². The van der Waals surface area contributed by atoms with Gasteiger partial charge in [-0.3, -0.25) is 4.79 Å². The zero-order valence-electron chi connectivity index (χ0n) is 12.4. The third-order valence-corrected chi connectivity index (χ3v) is 3.29. The van der Waals surface area contributed by atoms with Crippen LogP contribution in [0.25, 0.3) is 0 Å². The molecule has 1 saturated carbocycles. The van der Waals surface area contributed by atoms with Gasteiger partial charge in [-0.15, -0.1) is 0 Å². The predicted octanol–water partition coefficient (Wildman–Crippen LogP) is 1.72. The van der Waals surface area contributed by atoms with Crippen molar-refractivity contribution in [3.8, 4) is 0 Å². The van der Waals surface area contributed by atoms with E-state index in [1.54, 1.807) is 0 Å². The van der Waals surface area contributed by atoms with E-state index >= 15 is 0 Å². The molecule has 1 heterocycles. The molecule has 1 aromatic rings. The maximum atomic E-state index is 11.6. The quantitative estimate of drug-likeness (QED) is 0.707. The molecule has 0 radical (unpaired) electrons. The summed E-state index contributed by atoms with van der Waals surface area (Å²) in [6.45, 7) is 4.79. The van der Waals surface area contributed by atoms with Crippen LogP contribution in [0.1, 0.15) is 44.6 Å². The fourth-order valence-electron chi connectivity index (χ4n) is 2.10. The Morgan fingerprint density at radius 1 is 1.35 bits per heavy atom. The highest BCUT2D eigenvalue weighted by molar-refractivity contribution is 5.77. The lowest BCUT2D eigenvalue weighted by Gasteiger charge is -2.16. The van der Waals surface area contributed by atoms with E-state index in [2.05, 4.69) is 39.8 Å². The van der Waals surface area contributed by atoms with Crippen LogP contribution in [0.4, 0.5) is 11.6 Å². The van der Waals surface area contributed by atoms with Crippen LogP contribution in [0.3, 0.4) is 0 Å². The predicted molar refractivity (Wildman–Crippen MR) is 79.9 cm³/mol. The number of nitrogens with zero attached hydrogens (tertiary/aromatic N) is 2. The fourth-order valence-corrected chi connectivity index (χ4v) is 2.10. The van der Waals surface area contributed by atoms with Gasteiger partial charge in [0.15, 0.2) is 0 Å². The van der Waals surface area contributed by atoms with Gasteiger partial charge in [0.1, 0.15) is 18.0 Å². The number of carbonyl (C=O) groups is 1. The van der Waals surface area contributed by atoms with Gasteiger partial charge in [-0.05, 0) is 18.8 Å². The van der Waals surface area contributed by atoms with Gasteiger partial charge in [0.05, 0.1) is 0 Å². The van der Waals surface area contributed by atoms with E-state index in [1.807, 2.05) is 7.05 Å². The average Bonchev–Trinajstić information content (AvgIpc) is 3.21. The van der Waals surface area contributed by atoms with Gasteiger partial charge >= 0.3 is 0 Å². The Labute approximate surface area is 119 Å². The lowest BCUT2D eigenvalue weighted by Crippen LogP contribution is -2.27. The van der Waals surface area contributed by atoms with Crippen molar-refractivity contribution in [2.45, 2.75) is 45.1 Å². The Bertz CT molecular complexity index is 471. The lowest BCUT2D eigenvalue weighted by atomic mass is 10.0. The molecule has 1 fully saturated rings. The Kier molecular flexibility index (Phi) is 4.76. The van der Waals surface area contributed by atoms with Gasteiger partial charge in [-0.2, -0.15) is 0 Å². The summed E-state index contributed by atoms with van der Waals surface area (Å²) in [6, 6.07) is 0.420. The first-order valence-electron chi connectivity index (χ1n) is 7.17. The summed E-state index contributed by atoms with van der Waals surface area (Å²) in [5.41, 5.74) is 1.05. The summed E-state index contributed by atoms with van der Waals surface area (Å²) < 4.78 is 0. The van der Waals surface area contributed by atoms with E-state index < -0.39 is 0 Å². The number of anilines is 2. The van der Waals surface area contributed by atoms with Crippen LogP contribution in [0.15, 0.2) is 6.33 Å². The molecule has 1 amide bonds. The van der Waals surface area contributed by atoms with Crippen molar-refractivity contribution in [3.05, 3.63) is 11.9 Å². The summed E-state index contributed by atoms with van der Waals surface area (Å²) in [4.78, 5) is 20.1. The van der Waals surface area contributed by atoms with Crippen LogP contribution in [0.5, 0.6) is 0 Å². The molecule has 0 unspecified atom stereocenters. The van der Waals surface area contributed by atoms with Gasteiger partial charge in [0.25, 0.3) is 0 Å². The van der Waals surface area contributed by atoms with Crippen LogP contribution < -0.4 is 16.0 Å². The molecule has 3 N–H and O–H groups in total. The summed E-state index contributed by atoms with van der Waals surface area (Å²) in [6.07, 6.45) is 4.24. The molecule has 1 aromatic heterocycles. The number of rotatable bonds is 7. The van der Waals surface area contributed by atoms with Crippen LogP contribution >= 0.6 is 0 Å². The molecule has 110 valence electrons. The molecule has 6 nitrogen and oxygen atoms in total. The fraction of sp³-hybridized carbons (Fsp3) is 0.643. The molecule has 0 bridgehead atoms. The molecular formula is C14H23N5O. The van der Waals surface area contributed by atoms with E-state index in [0.29, 0.717) is 24.9 Å². The number of carbonyl (C=O) groups excluding carboxylic acids is 1. The molecule has 1 aliphatic carbocycles. The second-order valence-corrected chi connectivity index (χ2v) is 5.41. The van der Waals surface area contributed by atoms with Crippen molar-refractivity contribution < 1.29 is 4.79 Å². The average molecular weight is 277 g/mol. The number of hydrogen-bond acceptors (Lipinski definition) is 5. The second-order valence-electron chi connectivity index (χ2n) is 5.41. The third kappa shape index (κ3) is 3.82. The highest BCUT2D eigenvalue weighted by atomic mass is 16.1. The smallest absolute Gasteiger partial charge is 0.221 e. The highest BCUT2D eigenvalue weighted by Gasteiger charge is 2.22. The van der Waals surface area contributed by atoms with Gasteiger partial charge in [-0.25, -0.2) is 9.97 Å². The third-order valence-electron chi connectivity index (χ3n) is 3.29. The number of amides is 1. The molecule has 20 heavy (non-hydrogen) atoms. The Hall–Kier alpha value is -1.85. The molecule has 1 aliphatic rings. The van der Waals surface area contributed by atoms with Crippen LogP contribution in [0.2, 0.25) is 0 Å². The van der Waals surface area contributed by atoms with E-state index in [4.69, 9.17) is 0 Å². The van der Waals surface area contributed by atoms with Gasteiger partial charge in [0.2, 0.25) is 5.91 Å². The first-order valence-corrected chi connectivity index (χ1v) is 7.17. The van der Waals surface area contributed by atoms with Crippen molar-refractivity contribution in [1.29, 1.82) is 0 Å². The molecule has 0 aromatic carbocycles. The van der Waals surface area contributed by atoms with Crippen molar-refractivity contribution >= 4 is 17.5 Å². The SMILES string of the molecule is CNc1ncnc(NCCC(=O)NC2CC2)c1C(C)C. The minimum Gasteiger partial charge on any atom is -0.373 e. The van der Waals surface area contributed by atoms with Crippen LogP contribution in [-0.4, -0.2) is 35.5 Å². The zero-order chi connectivity index (χ0) is 14.5. The first-order chi connectivity index (χ1) is 9.61. The molecule has 6 heteroatoms. The summed E-state index contributed by atoms with van der Waals surface area (Å²) in [5, 5.41) is 9.30. The zero-order valence-corrected chi connectivity index (χ0v) is 12.4. The summed E-state index contributed by atoms with van der Waals surface area (Å²) >= 11 is 0. The van der Waals surface area contributed by atoms with Crippen molar-refractivity contribution in [1.82, 2.24) is 15.3 Å². The van der Waals surface area contributed by atoms with E-state index in [-0.39, 0.29) is 5.91 Å². The van der Waals surface area contributed by atoms with E-state index in [0.717, 1.165) is 30.0 Å². The minimum absolute atomic E-state index is 0.106. The Balaban J connectivity index is 1.92. The van der Waals surface area contributed by atoms with Gasteiger partial charge in [0, 0.05) is 31.6 Å². The molecule has 2 rings (SSSR count). The molecule has 0 spiro atoms. The number of hydrogen-bond donors (Lipinski definition) is 3. The standard InChI is InChI=1S/C14H23N5O/c1-9(2)12-13(15-3)17-8-18-14(12)16-7-6-11(20)19-10-4-5-10/h8-10H,4-7H2,1-3H3,(H,19,20)(H2,15,16,17,18). The number of aromatic nitrogens is 2. The van der Waals surface area contributed by atoms with Crippen LogP contribution in [0, 0.1) is 0 Å². The monoisotopic (exact) mass is 277 g/mol. The maximum Gasteiger partial charge on any atom is 0.221 e. The van der Waals surface area contributed by atoms with E-state index in [9.17, 15) is 4.79 Å². The lowest BCUT2D eigenvalue weighted by molar-refractivity contribution is -0.120. The second kappa shape index (κ2) is 6.54. The molecule has 0 saturated heterocycles. The first kappa shape index (κ1) is 14.6. The maximum absolute atomic E-state index is 11.6. The summed E-state index contributed by atoms with van der Waals surface area (Å²) in [7, 11) is 1.85. The van der Waals surface area contributed by atoms with Crippen molar-refractivity contribution in [2.75, 3.05) is 24.2 Å². The Morgan fingerprint density at radius 3 is 2.65 bits per heavy atom. The van der Waals surface area contributed by atoms with Gasteiger partial charge < -0.3 is 16.0 Å². The van der Waals surface area contributed by atoms with Gasteiger partial charge in [-0.1, -0.05) is 13.8 Å². The normalized spacial score (nSPS) is 14.2. The summed E-state index contributed by atoms with van der Waals surface area (Å²) in [5.74, 6) is 2.05. The Morgan fingerprint density at radius 2 is 2.05 bits per heavy atom. The van der Waals surface area contributed by atoms with Crippen molar-refractivity contribution in [3.63, 3.8) is 0 Å². The molecule has 0 atom stereocenters.